The van der Waals surface area contributed by atoms with E-state index in [4.69, 9.17) is 21.1 Å². The molecule has 0 aromatic heterocycles. The maximum Gasteiger partial charge on any atom is 0.510 e. The fourth-order valence-corrected chi connectivity index (χ4v) is 1.41. The van der Waals surface area contributed by atoms with Crippen molar-refractivity contribution in [2.24, 2.45) is 5.92 Å². The van der Waals surface area contributed by atoms with Gasteiger partial charge in [-0.1, -0.05) is 25.4 Å². The van der Waals surface area contributed by atoms with Gasteiger partial charge in [0, 0.05) is 12.5 Å². The molecule has 0 saturated carbocycles. The Morgan fingerprint density at radius 3 is 2.78 bits per heavy atom. The van der Waals surface area contributed by atoms with E-state index in [0.29, 0.717) is 0 Å². The number of hydrogen-bond donors (Lipinski definition) is 0. The van der Waals surface area contributed by atoms with Crippen LogP contribution < -0.4 is 0 Å². The van der Waals surface area contributed by atoms with Gasteiger partial charge in [0.1, 0.15) is 0 Å². The molecule has 1 rings (SSSR count). The summed E-state index contributed by atoms with van der Waals surface area (Å²) in [4.78, 5) is 21.3. The van der Waals surface area contributed by atoms with Gasteiger partial charge in [0.25, 0.3) is 5.70 Å². The zero-order valence-corrected chi connectivity index (χ0v) is 10.8. The van der Waals surface area contributed by atoms with Crippen molar-refractivity contribution in [3.05, 3.63) is 34.0 Å². The predicted octanol–water partition coefficient (Wildman–Crippen LogP) is 2.85. The van der Waals surface area contributed by atoms with E-state index in [1.807, 2.05) is 13.8 Å². The maximum absolute atomic E-state index is 11.3. The van der Waals surface area contributed by atoms with E-state index in [1.165, 1.54) is 18.2 Å². The number of ether oxygens (including phenoxy) is 2. The lowest BCUT2D eigenvalue weighted by Gasteiger charge is -2.23. The van der Waals surface area contributed by atoms with Crippen molar-refractivity contribution in [1.29, 1.82) is 0 Å². The fraction of sp³-hybridized carbons (Fsp3) is 0.545. The van der Waals surface area contributed by atoms with Crippen LogP contribution in [0.1, 0.15) is 20.3 Å². The normalized spacial score (nSPS) is 22.6. The van der Waals surface area contributed by atoms with Crippen molar-refractivity contribution in [3.8, 4) is 0 Å². The molecule has 0 fully saturated rings. The number of alkyl halides is 1. The number of carbonyl (C=O) groups excluding carboxylic acids is 1. The highest BCUT2D eigenvalue weighted by Gasteiger charge is 2.33. The van der Waals surface area contributed by atoms with Crippen LogP contribution in [0.3, 0.4) is 0 Å². The summed E-state index contributed by atoms with van der Waals surface area (Å²) in [5, 5.41) is 9.07. The van der Waals surface area contributed by atoms with Crippen molar-refractivity contribution < 1.29 is 19.2 Å². The summed E-state index contributed by atoms with van der Waals surface area (Å²) in [5.41, 5.74) is -0.0783. The number of nitrogens with zero attached hydrogens (tertiary/aromatic N) is 1. The standard InChI is InChI=1S/C11H14ClNO5/c1-8(2)7-17-10(14)18-11(12)5-3-9(4-6-11)13(15)16/h3-5,8H,6-7H2,1-2H3. The van der Waals surface area contributed by atoms with Crippen LogP contribution in [-0.4, -0.2) is 22.7 Å². The number of rotatable bonds is 4. The molecule has 0 aliphatic heterocycles. The average molecular weight is 276 g/mol. The van der Waals surface area contributed by atoms with Crippen molar-refractivity contribution >= 4 is 17.8 Å². The van der Waals surface area contributed by atoms with Gasteiger partial charge in [0.05, 0.1) is 11.5 Å². The van der Waals surface area contributed by atoms with Crippen LogP contribution in [0.25, 0.3) is 0 Å². The van der Waals surface area contributed by atoms with Gasteiger partial charge >= 0.3 is 6.16 Å². The summed E-state index contributed by atoms with van der Waals surface area (Å²) < 4.78 is 9.72. The molecule has 0 radical (unpaired) electrons. The van der Waals surface area contributed by atoms with Crippen LogP contribution in [0.4, 0.5) is 4.79 Å². The zero-order valence-electron chi connectivity index (χ0n) is 10.1. The molecule has 6 nitrogen and oxygen atoms in total. The van der Waals surface area contributed by atoms with Crippen LogP contribution in [0.5, 0.6) is 0 Å². The monoisotopic (exact) mass is 275 g/mol. The van der Waals surface area contributed by atoms with Crippen molar-refractivity contribution in [1.82, 2.24) is 0 Å². The van der Waals surface area contributed by atoms with E-state index in [1.54, 1.807) is 0 Å². The molecule has 0 amide bonds. The number of carbonyl (C=O) groups is 1. The molecule has 0 N–H and O–H groups in total. The lowest BCUT2D eigenvalue weighted by Crippen LogP contribution is -2.29. The molecule has 100 valence electrons. The smallest absolute Gasteiger partial charge is 0.434 e. The number of hydrogen-bond acceptors (Lipinski definition) is 5. The Balaban J connectivity index is 2.51. The molecule has 0 saturated heterocycles. The largest absolute Gasteiger partial charge is 0.510 e. The molecule has 1 unspecified atom stereocenters. The third-order valence-corrected chi connectivity index (χ3v) is 2.45. The Bertz CT molecular complexity index is 404. The first-order valence-corrected chi connectivity index (χ1v) is 5.78. The Hall–Kier alpha value is -1.56. The molecule has 0 aromatic carbocycles. The lowest BCUT2D eigenvalue weighted by molar-refractivity contribution is -0.419. The minimum atomic E-state index is -1.41. The van der Waals surface area contributed by atoms with Gasteiger partial charge in [-0.25, -0.2) is 4.79 Å². The summed E-state index contributed by atoms with van der Waals surface area (Å²) in [7, 11) is 0. The van der Waals surface area contributed by atoms with E-state index in [-0.39, 0.29) is 24.6 Å². The molecule has 0 spiro atoms. The molecule has 1 aliphatic rings. The molecule has 7 heteroatoms. The molecular weight excluding hydrogens is 262 g/mol. The third kappa shape index (κ3) is 4.37. The highest BCUT2D eigenvalue weighted by molar-refractivity contribution is 6.24. The van der Waals surface area contributed by atoms with Crippen LogP contribution in [-0.2, 0) is 9.47 Å². The van der Waals surface area contributed by atoms with Gasteiger partial charge in [0.2, 0.25) is 5.06 Å². The minimum absolute atomic E-state index is 0.0259. The molecule has 1 atom stereocenters. The molecule has 1 aliphatic carbocycles. The van der Waals surface area contributed by atoms with Crippen molar-refractivity contribution in [2.45, 2.75) is 25.3 Å². The van der Waals surface area contributed by atoms with Gasteiger partial charge in [0.15, 0.2) is 0 Å². The third-order valence-electron chi connectivity index (χ3n) is 2.09. The van der Waals surface area contributed by atoms with Crippen LogP contribution in [0.2, 0.25) is 0 Å². The van der Waals surface area contributed by atoms with Gasteiger partial charge in [-0.05, 0) is 18.1 Å². The lowest BCUT2D eigenvalue weighted by atomic mass is 10.1. The topological polar surface area (TPSA) is 78.7 Å². The van der Waals surface area contributed by atoms with E-state index < -0.39 is 16.1 Å². The Morgan fingerprint density at radius 2 is 2.33 bits per heavy atom. The maximum atomic E-state index is 11.3. The Labute approximate surface area is 109 Å². The summed E-state index contributed by atoms with van der Waals surface area (Å²) in [6, 6.07) is 0. The first kappa shape index (κ1) is 14.5. The number of halogens is 1. The van der Waals surface area contributed by atoms with Crippen molar-refractivity contribution in [3.63, 3.8) is 0 Å². The Kier molecular flexibility index (Phi) is 4.72. The van der Waals surface area contributed by atoms with E-state index in [2.05, 4.69) is 0 Å². The second kappa shape index (κ2) is 5.86. The highest BCUT2D eigenvalue weighted by Crippen LogP contribution is 2.29. The summed E-state index contributed by atoms with van der Waals surface area (Å²) in [6.45, 7) is 4.00. The second-order valence-corrected chi connectivity index (χ2v) is 4.91. The zero-order chi connectivity index (χ0) is 13.8. The van der Waals surface area contributed by atoms with E-state index in [0.717, 1.165) is 0 Å². The molecule has 18 heavy (non-hydrogen) atoms. The molecule has 0 heterocycles. The quantitative estimate of drug-likeness (QED) is 0.341. The first-order valence-electron chi connectivity index (χ1n) is 5.41. The summed E-state index contributed by atoms with van der Waals surface area (Å²) >= 11 is 5.98. The average Bonchev–Trinajstić information content (AvgIpc) is 2.26. The summed E-state index contributed by atoms with van der Waals surface area (Å²) in [5.74, 6) is 0.187. The van der Waals surface area contributed by atoms with Crippen molar-refractivity contribution in [2.75, 3.05) is 6.61 Å². The molecule has 0 aromatic rings. The van der Waals surface area contributed by atoms with Crippen LogP contribution >= 0.6 is 11.6 Å². The minimum Gasteiger partial charge on any atom is -0.434 e. The fourth-order valence-electron chi connectivity index (χ4n) is 1.20. The van der Waals surface area contributed by atoms with Gasteiger partial charge in [-0.2, -0.15) is 0 Å². The SMILES string of the molecule is CC(C)COC(=O)OC1(Cl)C=CC([N+](=O)[O-])=CC1. The summed E-state index contributed by atoms with van der Waals surface area (Å²) in [6.07, 6.45) is 2.90. The highest BCUT2D eigenvalue weighted by atomic mass is 35.5. The molecule has 0 bridgehead atoms. The number of allylic oxidation sites excluding steroid dienone is 1. The van der Waals surface area contributed by atoms with Crippen LogP contribution in [0, 0.1) is 16.0 Å². The van der Waals surface area contributed by atoms with Gasteiger partial charge in [-0.3, -0.25) is 10.1 Å². The van der Waals surface area contributed by atoms with Crippen LogP contribution in [0.15, 0.2) is 23.9 Å². The first-order chi connectivity index (χ1) is 8.32. The second-order valence-electron chi connectivity index (χ2n) is 4.27. The van der Waals surface area contributed by atoms with E-state index in [9.17, 15) is 14.9 Å². The van der Waals surface area contributed by atoms with Gasteiger partial charge in [-0.15, -0.1) is 0 Å². The molecular formula is C11H14ClNO5. The van der Waals surface area contributed by atoms with E-state index >= 15 is 0 Å². The Morgan fingerprint density at radius 1 is 1.67 bits per heavy atom. The number of nitro groups is 1. The van der Waals surface area contributed by atoms with Gasteiger partial charge < -0.3 is 9.47 Å². The predicted molar refractivity (Wildman–Crippen MR) is 64.7 cm³/mol.